The number of anilines is 1. The third-order valence-corrected chi connectivity index (χ3v) is 3.52. The summed E-state index contributed by atoms with van der Waals surface area (Å²) in [5.41, 5.74) is -1.24. The van der Waals surface area contributed by atoms with Gasteiger partial charge in [-0.2, -0.15) is 13.2 Å². The van der Waals surface area contributed by atoms with Crippen LogP contribution in [-0.2, 0) is 11.0 Å². The molecule has 3 rings (SSSR count). The maximum atomic E-state index is 12.8. The van der Waals surface area contributed by atoms with Crippen molar-refractivity contribution in [2.45, 2.75) is 6.18 Å². The molecule has 0 aliphatic rings. The summed E-state index contributed by atoms with van der Waals surface area (Å²) in [7, 11) is 0. The van der Waals surface area contributed by atoms with Gasteiger partial charge in [0.05, 0.1) is 18.1 Å². The number of nitrogens with one attached hydrogen (secondary N) is 2. The lowest BCUT2D eigenvalue weighted by atomic mass is 10.2. The Bertz CT molecular complexity index is 991. The van der Waals surface area contributed by atoms with Crippen LogP contribution in [0.5, 0.6) is 0 Å². The lowest BCUT2D eigenvalue weighted by Gasteiger charge is -2.12. The van der Waals surface area contributed by atoms with Crippen molar-refractivity contribution in [3.63, 3.8) is 0 Å². The zero-order valence-corrected chi connectivity index (χ0v) is 14.1. The molecule has 0 saturated carbocycles. The van der Waals surface area contributed by atoms with Crippen molar-refractivity contribution in [2.75, 3.05) is 5.32 Å². The molecule has 2 heterocycles. The zero-order valence-electron chi connectivity index (χ0n) is 14.1. The number of carbonyl (C=O) groups is 2. The minimum Gasteiger partial charge on any atom is -0.465 e. The van der Waals surface area contributed by atoms with E-state index < -0.39 is 23.6 Å². The van der Waals surface area contributed by atoms with Crippen molar-refractivity contribution >= 4 is 23.6 Å². The van der Waals surface area contributed by atoms with Gasteiger partial charge in [-0.1, -0.05) is 6.07 Å². The Morgan fingerprint density at radius 2 is 1.71 bits per heavy atom. The van der Waals surface area contributed by atoms with E-state index in [1.807, 2.05) is 0 Å². The fraction of sp³-hybridized carbons (Fsp3) is 0.0526. The average Bonchev–Trinajstić information content (AvgIpc) is 3.34. The van der Waals surface area contributed by atoms with Gasteiger partial charge < -0.3 is 19.5 Å². The predicted octanol–water partition coefficient (Wildman–Crippen LogP) is 4.30. The highest BCUT2D eigenvalue weighted by molar-refractivity contribution is 6.10. The van der Waals surface area contributed by atoms with Gasteiger partial charge in [-0.25, -0.2) is 0 Å². The second-order valence-corrected chi connectivity index (χ2v) is 5.54. The molecule has 6 nitrogen and oxygen atoms in total. The minimum atomic E-state index is -4.55. The van der Waals surface area contributed by atoms with Crippen molar-refractivity contribution in [1.29, 1.82) is 0 Å². The van der Waals surface area contributed by atoms with E-state index in [1.165, 1.54) is 42.9 Å². The number of carbonyl (C=O) groups excluding carboxylic acids is 2. The van der Waals surface area contributed by atoms with Crippen molar-refractivity contribution in [2.24, 2.45) is 0 Å². The van der Waals surface area contributed by atoms with E-state index in [-0.39, 0.29) is 22.9 Å². The van der Waals surface area contributed by atoms with Crippen molar-refractivity contribution in [1.82, 2.24) is 5.32 Å². The predicted molar refractivity (Wildman–Crippen MR) is 92.9 cm³/mol. The largest absolute Gasteiger partial charge is 0.465 e. The summed E-state index contributed by atoms with van der Waals surface area (Å²) in [6, 6.07) is 10.1. The zero-order chi connectivity index (χ0) is 20.1. The van der Waals surface area contributed by atoms with Crippen LogP contribution in [0.4, 0.5) is 18.9 Å². The molecule has 1 aromatic carbocycles. The van der Waals surface area contributed by atoms with Crippen LogP contribution in [0.1, 0.15) is 21.9 Å². The van der Waals surface area contributed by atoms with Crippen molar-refractivity contribution in [3.05, 3.63) is 83.8 Å². The summed E-state index contributed by atoms with van der Waals surface area (Å²) in [6.45, 7) is 0. The Labute approximate surface area is 156 Å². The standard InChI is InChI=1S/C19H13F3N2O4/c20-19(21,22)12-4-1-5-13(10-12)23-17(25)15(11-14-6-2-8-27-14)24-18(26)16-7-3-9-28-16/h1-11H,(H,23,25)(H,24,26)/b15-11-. The first kappa shape index (κ1) is 19.0. The second kappa shape index (κ2) is 7.87. The number of rotatable bonds is 5. The van der Waals surface area contributed by atoms with Gasteiger partial charge in [0.15, 0.2) is 5.76 Å². The van der Waals surface area contributed by atoms with E-state index >= 15 is 0 Å². The Hall–Kier alpha value is -3.75. The second-order valence-electron chi connectivity index (χ2n) is 5.54. The molecule has 0 unspecified atom stereocenters. The molecule has 0 bridgehead atoms. The fourth-order valence-electron chi connectivity index (χ4n) is 2.24. The minimum absolute atomic E-state index is 0.0442. The van der Waals surface area contributed by atoms with E-state index in [0.717, 1.165) is 18.2 Å². The molecule has 28 heavy (non-hydrogen) atoms. The third-order valence-electron chi connectivity index (χ3n) is 3.52. The van der Waals surface area contributed by atoms with Gasteiger partial charge in [-0.05, 0) is 42.5 Å². The monoisotopic (exact) mass is 390 g/mol. The van der Waals surface area contributed by atoms with Crippen LogP contribution in [0.25, 0.3) is 6.08 Å². The number of amides is 2. The summed E-state index contributed by atoms with van der Waals surface area (Å²) >= 11 is 0. The normalized spacial score (nSPS) is 11.9. The molecular weight excluding hydrogens is 377 g/mol. The molecule has 9 heteroatoms. The fourth-order valence-corrected chi connectivity index (χ4v) is 2.24. The summed E-state index contributed by atoms with van der Waals surface area (Å²) in [6.07, 6.45) is -0.666. The van der Waals surface area contributed by atoms with Gasteiger partial charge in [-0.15, -0.1) is 0 Å². The van der Waals surface area contributed by atoms with Crippen LogP contribution >= 0.6 is 0 Å². The van der Waals surface area contributed by atoms with Gasteiger partial charge in [0.1, 0.15) is 11.5 Å². The van der Waals surface area contributed by atoms with Crippen molar-refractivity contribution in [3.8, 4) is 0 Å². The van der Waals surface area contributed by atoms with Gasteiger partial charge >= 0.3 is 6.18 Å². The maximum Gasteiger partial charge on any atom is 0.416 e. The SMILES string of the molecule is O=C(Nc1cccc(C(F)(F)F)c1)/C(=C/c1ccco1)NC(=O)c1ccco1. The molecule has 0 fully saturated rings. The first-order chi connectivity index (χ1) is 13.3. The quantitative estimate of drug-likeness (QED) is 0.636. The van der Waals surface area contributed by atoms with E-state index in [1.54, 1.807) is 6.07 Å². The average molecular weight is 390 g/mol. The Balaban J connectivity index is 1.84. The number of alkyl halides is 3. The van der Waals surface area contributed by atoms with Gasteiger partial charge in [0.2, 0.25) is 0 Å². The van der Waals surface area contributed by atoms with Crippen LogP contribution in [0.15, 0.2) is 75.6 Å². The van der Waals surface area contributed by atoms with Crippen LogP contribution in [-0.4, -0.2) is 11.8 Å². The summed E-state index contributed by atoms with van der Waals surface area (Å²) in [4.78, 5) is 24.7. The number of hydrogen-bond donors (Lipinski definition) is 2. The topological polar surface area (TPSA) is 84.5 Å². The van der Waals surface area contributed by atoms with E-state index in [9.17, 15) is 22.8 Å². The molecule has 2 aromatic heterocycles. The van der Waals surface area contributed by atoms with Gasteiger partial charge in [0.25, 0.3) is 11.8 Å². The third kappa shape index (κ3) is 4.70. The Morgan fingerprint density at radius 1 is 0.964 bits per heavy atom. The first-order valence-corrected chi connectivity index (χ1v) is 7.91. The lowest BCUT2D eigenvalue weighted by molar-refractivity contribution is -0.137. The van der Waals surface area contributed by atoms with Crippen molar-refractivity contribution < 1.29 is 31.6 Å². The molecule has 2 amide bonds. The van der Waals surface area contributed by atoms with Crippen LogP contribution in [0.3, 0.4) is 0 Å². The first-order valence-electron chi connectivity index (χ1n) is 7.91. The number of furan rings is 2. The molecule has 0 radical (unpaired) electrons. The highest BCUT2D eigenvalue weighted by atomic mass is 19.4. The highest BCUT2D eigenvalue weighted by Gasteiger charge is 2.30. The lowest BCUT2D eigenvalue weighted by Crippen LogP contribution is -2.30. The van der Waals surface area contributed by atoms with Gasteiger partial charge in [0, 0.05) is 11.8 Å². The molecule has 0 saturated heterocycles. The molecule has 2 N–H and O–H groups in total. The molecular formula is C19H13F3N2O4. The Kier molecular flexibility index (Phi) is 5.35. The number of benzene rings is 1. The molecule has 0 aliphatic carbocycles. The van der Waals surface area contributed by atoms with E-state index in [4.69, 9.17) is 8.83 Å². The summed E-state index contributed by atoms with van der Waals surface area (Å²) in [5.74, 6) is -1.33. The molecule has 0 aliphatic heterocycles. The van der Waals surface area contributed by atoms with E-state index in [2.05, 4.69) is 10.6 Å². The van der Waals surface area contributed by atoms with E-state index in [0.29, 0.717) is 0 Å². The summed E-state index contributed by atoms with van der Waals surface area (Å²) in [5, 5.41) is 4.68. The van der Waals surface area contributed by atoms with Gasteiger partial charge in [-0.3, -0.25) is 9.59 Å². The molecule has 0 atom stereocenters. The Morgan fingerprint density at radius 3 is 2.36 bits per heavy atom. The summed E-state index contributed by atoms with van der Waals surface area (Å²) < 4.78 is 48.6. The number of halogens is 3. The highest BCUT2D eigenvalue weighted by Crippen LogP contribution is 2.30. The number of hydrogen-bond acceptors (Lipinski definition) is 4. The van der Waals surface area contributed by atoms with Crippen LogP contribution < -0.4 is 10.6 Å². The molecule has 3 aromatic rings. The maximum absolute atomic E-state index is 12.8. The molecule has 0 spiro atoms. The van der Waals surface area contributed by atoms with Crippen LogP contribution in [0, 0.1) is 0 Å². The molecule has 144 valence electrons. The smallest absolute Gasteiger partial charge is 0.416 e. The van der Waals surface area contributed by atoms with Crippen LogP contribution in [0.2, 0.25) is 0 Å².